The van der Waals surface area contributed by atoms with Gasteiger partial charge in [0.05, 0.1) is 0 Å². The molecular weight excluding hydrogens is 651 g/mol. The second-order valence-electron chi connectivity index (χ2n) is 11.8. The van der Waals surface area contributed by atoms with E-state index in [0.717, 1.165) is 38.5 Å². The van der Waals surface area contributed by atoms with Crippen LogP contribution >= 0.6 is 0 Å². The molecule has 0 bridgehead atoms. The van der Waals surface area contributed by atoms with Crippen molar-refractivity contribution in [2.45, 2.75) is 170 Å². The second-order valence-corrected chi connectivity index (χ2v) is 11.8. The number of carbonyl (C=O) groups excluding carboxylic acids is 8. The fraction of sp³-hybridized carbons (Fsp3) is 0.743. The number of amides is 1. The average molecular weight is 711 g/mol. The Labute approximate surface area is 297 Å². The van der Waals surface area contributed by atoms with Crippen LogP contribution < -0.4 is 5.32 Å². The average Bonchev–Trinajstić information content (AvgIpc) is 2.93. The summed E-state index contributed by atoms with van der Waals surface area (Å²) in [6.07, 6.45) is 11.6. The molecule has 9 nitrogen and oxygen atoms in total. The molecule has 45 heavy (non-hydrogen) atoms. The van der Waals surface area contributed by atoms with E-state index in [1.807, 2.05) is 13.8 Å². The van der Waals surface area contributed by atoms with Crippen LogP contribution in [0.2, 0.25) is 0 Å². The Morgan fingerprint density at radius 3 is 1.11 bits per heavy atom. The number of hydrogen-bond acceptors (Lipinski definition) is 8. The monoisotopic (exact) mass is 710 g/mol. The largest absolute Gasteiger partial charge is 0.542 e. The first-order chi connectivity index (χ1) is 20.5. The topological polar surface area (TPSA) is 149 Å². The predicted molar refractivity (Wildman–Crippen MR) is 174 cm³/mol. The van der Waals surface area contributed by atoms with Crippen molar-refractivity contribution in [3.63, 3.8) is 0 Å². The first kappa shape index (κ1) is 50.1. The molecule has 257 valence electrons. The minimum Gasteiger partial charge on any atom is -0.542 e. The molecule has 1 radical (unpaired) electrons. The third kappa shape index (κ3) is 38.4. The minimum atomic E-state index is -0.645. The summed E-state index contributed by atoms with van der Waals surface area (Å²) < 4.78 is 0. The van der Waals surface area contributed by atoms with Crippen LogP contribution in [0.4, 0.5) is 0 Å². The van der Waals surface area contributed by atoms with Crippen molar-refractivity contribution in [3.8, 4) is 0 Å². The van der Waals surface area contributed by atoms with Gasteiger partial charge in [0.15, 0.2) is 0 Å². The fourth-order valence-corrected chi connectivity index (χ4v) is 4.04. The van der Waals surface area contributed by atoms with Crippen LogP contribution in [0, 0.1) is 5.92 Å². The first-order valence-corrected chi connectivity index (χ1v) is 16.0. The first-order valence-electron chi connectivity index (χ1n) is 16.0. The Hall–Kier alpha value is -1.74. The molecule has 0 saturated carbocycles. The molecule has 0 aliphatic heterocycles. The molecule has 0 spiro atoms. The molecule has 0 aliphatic rings. The van der Waals surface area contributed by atoms with Gasteiger partial charge < -0.3 is 44.8 Å². The Balaban J connectivity index is -0.000000332. The van der Waals surface area contributed by atoms with E-state index in [0.29, 0.717) is 70.6 Å². The van der Waals surface area contributed by atoms with Crippen molar-refractivity contribution in [2.75, 3.05) is 0 Å². The number of hydrogen-bond donors (Lipinski definition) is 1. The molecule has 1 amide bonds. The molecular formula is C35H59NO8Y-2. The maximum absolute atomic E-state index is 12.2. The summed E-state index contributed by atoms with van der Waals surface area (Å²) >= 11 is 0. The van der Waals surface area contributed by atoms with E-state index >= 15 is 0 Å². The van der Waals surface area contributed by atoms with Gasteiger partial charge in [0.1, 0.15) is 34.7 Å². The van der Waals surface area contributed by atoms with Crippen molar-refractivity contribution in [2.24, 2.45) is 0 Å². The SMILES string of the molecule is CC(=O)CC[C-](CCC(C)=O)CCC(C)=O.CCCCC(=O)NC(CCC(C)=O)(CCC(C)=O)CCC(C)=O.CCC[C-]=O.[Y]. The summed E-state index contributed by atoms with van der Waals surface area (Å²) in [6, 6.07) is 0. The van der Waals surface area contributed by atoms with Crippen molar-refractivity contribution < 1.29 is 71.1 Å². The molecule has 0 atom stereocenters. The maximum Gasteiger partial charge on any atom is 0.220 e. The molecule has 0 aromatic rings. The Morgan fingerprint density at radius 1 is 0.556 bits per heavy atom. The molecule has 0 saturated heterocycles. The van der Waals surface area contributed by atoms with E-state index < -0.39 is 5.54 Å². The van der Waals surface area contributed by atoms with E-state index in [1.165, 1.54) is 26.7 Å². The van der Waals surface area contributed by atoms with Crippen LogP contribution in [-0.4, -0.2) is 52.4 Å². The van der Waals surface area contributed by atoms with Crippen LogP contribution in [0.1, 0.15) is 165 Å². The molecule has 0 aromatic heterocycles. The van der Waals surface area contributed by atoms with Crippen LogP contribution in [0.25, 0.3) is 0 Å². The van der Waals surface area contributed by atoms with E-state index in [-0.39, 0.29) is 73.3 Å². The van der Waals surface area contributed by atoms with Gasteiger partial charge >= 0.3 is 0 Å². The maximum atomic E-state index is 12.2. The standard InChI is InChI=1S/C18H31NO4.C13H21O3.C4H7O.Y/c1-5-6-7-17(23)19-18(11-8-14(2)20,12-9-15(3)21)13-10-16(4)22;1-10(14)4-7-13(8-5-11(2)15)9-6-12(3)16;1-2-3-4-5;/h5-13H2,1-4H3,(H,19,23);4-9H2,1-3H3;2-3H2,1H3;/q;2*-1;. The zero-order valence-electron chi connectivity index (χ0n) is 29.4. The van der Waals surface area contributed by atoms with Gasteiger partial charge in [-0.3, -0.25) is 11.1 Å². The number of ketones is 6. The van der Waals surface area contributed by atoms with Crippen molar-refractivity contribution >= 4 is 46.9 Å². The number of Topliss-reactive ketones (excluding diaryl/α,β-unsaturated/α-hetero) is 6. The smallest absolute Gasteiger partial charge is 0.220 e. The van der Waals surface area contributed by atoms with Gasteiger partial charge in [0.25, 0.3) is 0 Å². The number of rotatable bonds is 24. The molecule has 0 unspecified atom stereocenters. The zero-order chi connectivity index (χ0) is 34.6. The molecule has 0 rings (SSSR count). The third-order valence-electron chi connectivity index (χ3n) is 6.87. The number of carbonyl (C=O) groups is 7. The van der Waals surface area contributed by atoms with Crippen molar-refractivity contribution in [3.05, 3.63) is 5.92 Å². The predicted octanol–water partition coefficient (Wildman–Crippen LogP) is 6.70. The zero-order valence-corrected chi connectivity index (χ0v) is 32.2. The third-order valence-corrected chi connectivity index (χ3v) is 6.87. The van der Waals surface area contributed by atoms with E-state index in [1.54, 1.807) is 27.1 Å². The van der Waals surface area contributed by atoms with Gasteiger partial charge in [0, 0.05) is 63.9 Å². The summed E-state index contributed by atoms with van der Waals surface area (Å²) in [7, 11) is 0. The van der Waals surface area contributed by atoms with Crippen LogP contribution in [0.3, 0.4) is 0 Å². The summed E-state index contributed by atoms with van der Waals surface area (Å²) in [6.45, 7) is 13.2. The fourth-order valence-electron chi connectivity index (χ4n) is 4.04. The van der Waals surface area contributed by atoms with Gasteiger partial charge in [0.2, 0.25) is 5.91 Å². The number of nitrogens with one attached hydrogen (secondary N) is 1. The van der Waals surface area contributed by atoms with Gasteiger partial charge in [-0.25, -0.2) is 0 Å². The molecule has 10 heteroatoms. The van der Waals surface area contributed by atoms with Crippen molar-refractivity contribution in [1.29, 1.82) is 0 Å². The van der Waals surface area contributed by atoms with Crippen LogP contribution in [0.5, 0.6) is 0 Å². The van der Waals surface area contributed by atoms with Gasteiger partial charge in [-0.05, 0) is 86.5 Å². The van der Waals surface area contributed by atoms with Crippen LogP contribution in [-0.2, 0) is 71.1 Å². The molecule has 0 aromatic carbocycles. The van der Waals surface area contributed by atoms with E-state index in [4.69, 9.17) is 0 Å². The van der Waals surface area contributed by atoms with Gasteiger partial charge in [-0.2, -0.15) is 25.7 Å². The Kier molecular flexibility index (Phi) is 35.9. The normalized spacial score (nSPS) is 10.2. The summed E-state index contributed by atoms with van der Waals surface area (Å²) in [5, 5.41) is 3.04. The van der Waals surface area contributed by atoms with E-state index in [9.17, 15) is 38.4 Å². The second kappa shape index (κ2) is 32.2. The van der Waals surface area contributed by atoms with Crippen LogP contribution in [0.15, 0.2) is 0 Å². The Bertz CT molecular complexity index is 812. The molecule has 0 fully saturated rings. The van der Waals surface area contributed by atoms with Gasteiger partial charge in [-0.1, -0.05) is 26.7 Å². The molecule has 0 heterocycles. The Morgan fingerprint density at radius 2 is 0.889 bits per heavy atom. The summed E-state index contributed by atoms with van der Waals surface area (Å²) in [4.78, 5) is 88.2. The molecule has 1 N–H and O–H groups in total. The van der Waals surface area contributed by atoms with Gasteiger partial charge in [-0.15, -0.1) is 0 Å². The van der Waals surface area contributed by atoms with Crippen molar-refractivity contribution in [1.82, 2.24) is 5.32 Å². The van der Waals surface area contributed by atoms with E-state index in [2.05, 4.69) is 5.32 Å². The summed E-state index contributed by atoms with van der Waals surface area (Å²) in [5.41, 5.74) is -0.645. The molecule has 0 aliphatic carbocycles. The minimum absolute atomic E-state index is 0. The summed E-state index contributed by atoms with van der Waals surface area (Å²) in [5.74, 6) is 1.70. The number of unbranched alkanes of at least 4 members (excludes halogenated alkanes) is 2. The quantitative estimate of drug-likeness (QED) is 0.109.